The highest BCUT2D eigenvalue weighted by Crippen LogP contribution is 2.17. The van der Waals surface area contributed by atoms with Crippen LogP contribution < -0.4 is 5.73 Å². The van der Waals surface area contributed by atoms with Crippen LogP contribution in [-0.2, 0) is 0 Å². The molecule has 1 atom stereocenters. The maximum Gasteiger partial charge on any atom is 0.0624 e. The summed E-state index contributed by atoms with van der Waals surface area (Å²) in [4.78, 5) is 0. The molecule has 0 saturated heterocycles. The van der Waals surface area contributed by atoms with Gasteiger partial charge < -0.3 is 10.8 Å². The van der Waals surface area contributed by atoms with E-state index < -0.39 is 0 Å². The van der Waals surface area contributed by atoms with Gasteiger partial charge in [-0.3, -0.25) is 0 Å². The van der Waals surface area contributed by atoms with Gasteiger partial charge >= 0.3 is 0 Å². The number of halogens is 1. The number of nitrogens with two attached hydrogens (primary N) is 1. The average molecular weight is 216 g/mol. The van der Waals surface area contributed by atoms with Crippen LogP contribution in [0, 0.1) is 0 Å². The molecule has 2 nitrogen and oxygen atoms in total. The Bertz CT molecular complexity index is 258. The van der Waals surface area contributed by atoms with Crippen molar-refractivity contribution in [1.82, 2.24) is 0 Å². The maximum absolute atomic E-state index is 8.84. The van der Waals surface area contributed by atoms with Crippen molar-refractivity contribution in [2.75, 3.05) is 6.61 Å². The number of benzene rings is 1. The summed E-state index contributed by atoms with van der Waals surface area (Å²) in [6.07, 6.45) is 0. The zero-order valence-corrected chi connectivity index (χ0v) is 9.42. The molecule has 1 aromatic rings. The predicted octanol–water partition coefficient (Wildman–Crippen LogP) is 2.22. The molecule has 0 amide bonds. The molecular weight excluding hydrogens is 198 g/mol. The van der Waals surface area contributed by atoms with Crippen molar-refractivity contribution in [2.24, 2.45) is 5.73 Å². The van der Waals surface area contributed by atoms with Crippen molar-refractivity contribution in [3.63, 3.8) is 0 Å². The van der Waals surface area contributed by atoms with E-state index in [4.69, 9.17) is 10.8 Å². The molecule has 0 heterocycles. The van der Waals surface area contributed by atoms with Gasteiger partial charge in [0.1, 0.15) is 0 Å². The summed E-state index contributed by atoms with van der Waals surface area (Å²) in [7, 11) is 0. The highest BCUT2D eigenvalue weighted by Gasteiger charge is 2.04. The van der Waals surface area contributed by atoms with Crippen LogP contribution in [0.4, 0.5) is 0 Å². The summed E-state index contributed by atoms with van der Waals surface area (Å²) >= 11 is 0. The lowest BCUT2D eigenvalue weighted by Gasteiger charge is -2.10. The van der Waals surface area contributed by atoms with Crippen molar-refractivity contribution in [3.05, 3.63) is 35.4 Å². The molecule has 3 heteroatoms. The van der Waals surface area contributed by atoms with E-state index in [9.17, 15) is 0 Å². The van der Waals surface area contributed by atoms with E-state index in [0.717, 1.165) is 5.56 Å². The fourth-order valence-corrected chi connectivity index (χ4v) is 1.23. The van der Waals surface area contributed by atoms with Gasteiger partial charge in [-0.2, -0.15) is 0 Å². The number of rotatable bonds is 3. The number of aliphatic hydroxyl groups excluding tert-OH is 1. The van der Waals surface area contributed by atoms with Gasteiger partial charge in [0.05, 0.1) is 12.6 Å². The zero-order valence-electron chi connectivity index (χ0n) is 8.60. The van der Waals surface area contributed by atoms with E-state index in [-0.39, 0.29) is 25.1 Å². The van der Waals surface area contributed by atoms with Crippen LogP contribution in [0.5, 0.6) is 0 Å². The highest BCUT2D eigenvalue weighted by atomic mass is 35.5. The first-order valence-corrected chi connectivity index (χ1v) is 4.61. The van der Waals surface area contributed by atoms with Crippen molar-refractivity contribution >= 4 is 12.4 Å². The third-order valence-corrected chi connectivity index (χ3v) is 2.23. The molecule has 80 valence electrons. The molecule has 0 fully saturated rings. The topological polar surface area (TPSA) is 46.2 Å². The van der Waals surface area contributed by atoms with Gasteiger partial charge in [0, 0.05) is 0 Å². The lowest BCUT2D eigenvalue weighted by Crippen LogP contribution is -2.14. The van der Waals surface area contributed by atoms with E-state index in [2.05, 4.69) is 26.0 Å². The summed E-state index contributed by atoms with van der Waals surface area (Å²) in [5.74, 6) is 0.541. The standard InChI is InChI=1S/C11H17NO.ClH/c1-8(2)9-3-5-10(6-4-9)11(12)7-13;/h3-6,8,11,13H,7,12H2,1-2H3;1H. The van der Waals surface area contributed by atoms with Crippen LogP contribution in [0.25, 0.3) is 0 Å². The van der Waals surface area contributed by atoms with Gasteiger partial charge in [0.25, 0.3) is 0 Å². The summed E-state index contributed by atoms with van der Waals surface area (Å²) in [5.41, 5.74) is 7.96. The van der Waals surface area contributed by atoms with Gasteiger partial charge in [-0.05, 0) is 17.0 Å². The lowest BCUT2D eigenvalue weighted by molar-refractivity contribution is 0.268. The highest BCUT2D eigenvalue weighted by molar-refractivity contribution is 5.85. The third kappa shape index (κ3) is 3.29. The van der Waals surface area contributed by atoms with Crippen molar-refractivity contribution in [3.8, 4) is 0 Å². The molecule has 0 saturated carbocycles. The first-order chi connectivity index (χ1) is 6.15. The molecule has 0 aliphatic heterocycles. The summed E-state index contributed by atoms with van der Waals surface area (Å²) in [6.45, 7) is 4.31. The average Bonchev–Trinajstić information content (AvgIpc) is 2.17. The predicted molar refractivity (Wildman–Crippen MR) is 61.8 cm³/mol. The second kappa shape index (κ2) is 6.02. The van der Waals surface area contributed by atoms with E-state index in [1.54, 1.807) is 0 Å². The third-order valence-electron chi connectivity index (χ3n) is 2.23. The fourth-order valence-electron chi connectivity index (χ4n) is 1.23. The fraction of sp³-hybridized carbons (Fsp3) is 0.455. The molecular formula is C11H18ClNO. The molecule has 0 radical (unpaired) electrons. The zero-order chi connectivity index (χ0) is 9.84. The number of hydrogen-bond donors (Lipinski definition) is 2. The van der Waals surface area contributed by atoms with Crippen LogP contribution in [-0.4, -0.2) is 11.7 Å². The quantitative estimate of drug-likeness (QED) is 0.813. The Morgan fingerprint density at radius 1 is 1.14 bits per heavy atom. The first-order valence-electron chi connectivity index (χ1n) is 4.61. The summed E-state index contributed by atoms with van der Waals surface area (Å²) < 4.78 is 0. The Hall–Kier alpha value is -0.570. The van der Waals surface area contributed by atoms with E-state index in [0.29, 0.717) is 5.92 Å². The molecule has 0 bridgehead atoms. The number of hydrogen-bond acceptors (Lipinski definition) is 2. The molecule has 0 aromatic heterocycles. The largest absolute Gasteiger partial charge is 0.394 e. The minimum Gasteiger partial charge on any atom is -0.394 e. The van der Waals surface area contributed by atoms with E-state index >= 15 is 0 Å². The van der Waals surface area contributed by atoms with Crippen LogP contribution in [0.3, 0.4) is 0 Å². The SMILES string of the molecule is CC(C)c1ccc(C(N)CO)cc1.Cl. The Labute approximate surface area is 91.5 Å². The minimum atomic E-state index is -0.249. The van der Waals surface area contributed by atoms with Gasteiger partial charge in [-0.15, -0.1) is 12.4 Å². The van der Waals surface area contributed by atoms with Gasteiger partial charge in [0.15, 0.2) is 0 Å². The molecule has 1 aromatic carbocycles. The van der Waals surface area contributed by atoms with E-state index in [1.165, 1.54) is 5.56 Å². The Kier molecular flexibility index (Phi) is 5.77. The Morgan fingerprint density at radius 2 is 1.57 bits per heavy atom. The second-order valence-electron chi connectivity index (χ2n) is 3.61. The lowest BCUT2D eigenvalue weighted by atomic mass is 10.00. The van der Waals surface area contributed by atoms with Crippen LogP contribution in [0.2, 0.25) is 0 Å². The molecule has 0 spiro atoms. The molecule has 1 unspecified atom stereocenters. The van der Waals surface area contributed by atoms with Crippen molar-refractivity contribution < 1.29 is 5.11 Å². The molecule has 14 heavy (non-hydrogen) atoms. The second-order valence-corrected chi connectivity index (χ2v) is 3.61. The summed E-state index contributed by atoms with van der Waals surface area (Å²) in [6, 6.07) is 7.85. The first kappa shape index (κ1) is 13.4. The Morgan fingerprint density at radius 3 is 1.93 bits per heavy atom. The van der Waals surface area contributed by atoms with Crippen LogP contribution in [0.15, 0.2) is 24.3 Å². The smallest absolute Gasteiger partial charge is 0.0624 e. The van der Waals surface area contributed by atoms with E-state index in [1.807, 2.05) is 12.1 Å². The summed E-state index contributed by atoms with van der Waals surface area (Å²) in [5, 5.41) is 8.84. The van der Waals surface area contributed by atoms with Gasteiger partial charge in [-0.25, -0.2) is 0 Å². The molecule has 0 aliphatic rings. The molecule has 1 rings (SSSR count). The Balaban J connectivity index is 0.00000169. The van der Waals surface area contributed by atoms with Crippen molar-refractivity contribution in [1.29, 1.82) is 0 Å². The maximum atomic E-state index is 8.84. The molecule has 3 N–H and O–H groups in total. The van der Waals surface area contributed by atoms with Crippen LogP contribution in [0.1, 0.15) is 36.9 Å². The minimum absolute atomic E-state index is 0. The van der Waals surface area contributed by atoms with Crippen LogP contribution >= 0.6 is 12.4 Å². The molecule has 0 aliphatic carbocycles. The monoisotopic (exact) mass is 215 g/mol. The van der Waals surface area contributed by atoms with Crippen molar-refractivity contribution in [2.45, 2.75) is 25.8 Å². The normalized spacial score (nSPS) is 12.4. The number of aliphatic hydroxyl groups is 1. The van der Waals surface area contributed by atoms with Gasteiger partial charge in [0.2, 0.25) is 0 Å². The van der Waals surface area contributed by atoms with Gasteiger partial charge in [-0.1, -0.05) is 38.1 Å².